The quantitative estimate of drug-likeness (QED) is 0.761. The fourth-order valence-electron chi connectivity index (χ4n) is 1.16. The third kappa shape index (κ3) is 3.02. The van der Waals surface area contributed by atoms with Crippen LogP contribution in [-0.2, 0) is 6.18 Å². The third-order valence-electron chi connectivity index (χ3n) is 2.04. The van der Waals surface area contributed by atoms with E-state index in [2.05, 4.69) is 0 Å². The van der Waals surface area contributed by atoms with Gasteiger partial charge in [-0.05, 0) is 18.2 Å². The third-order valence-corrected chi connectivity index (χ3v) is 2.04. The summed E-state index contributed by atoms with van der Waals surface area (Å²) in [6.07, 6.45) is -9.73. The van der Waals surface area contributed by atoms with Crippen molar-refractivity contribution < 1.29 is 31.4 Å². The van der Waals surface area contributed by atoms with E-state index in [1.54, 1.807) is 0 Å². The van der Waals surface area contributed by atoms with Gasteiger partial charge in [-0.1, -0.05) is 0 Å². The van der Waals surface area contributed by atoms with Crippen molar-refractivity contribution in [2.75, 3.05) is 0 Å². The molecule has 0 unspecified atom stereocenters. The molecular formula is C9H7F6NO. The highest BCUT2D eigenvalue weighted by molar-refractivity contribution is 5.39. The van der Waals surface area contributed by atoms with E-state index in [0.717, 1.165) is 0 Å². The summed E-state index contributed by atoms with van der Waals surface area (Å²) >= 11 is 0. The first-order valence-electron chi connectivity index (χ1n) is 4.26. The van der Waals surface area contributed by atoms with Crippen molar-refractivity contribution in [3.05, 3.63) is 29.3 Å². The van der Waals surface area contributed by atoms with E-state index in [9.17, 15) is 26.3 Å². The molecule has 0 bridgehead atoms. The molecule has 1 aromatic carbocycles. The van der Waals surface area contributed by atoms with Gasteiger partial charge in [0.1, 0.15) is 11.8 Å². The van der Waals surface area contributed by atoms with Crippen LogP contribution in [0.4, 0.5) is 26.3 Å². The Kier molecular flexibility index (Phi) is 3.28. The summed E-state index contributed by atoms with van der Waals surface area (Å²) < 4.78 is 73.4. The molecule has 17 heavy (non-hydrogen) atoms. The van der Waals surface area contributed by atoms with Gasteiger partial charge in [-0.3, -0.25) is 0 Å². The average Bonchev–Trinajstić information content (AvgIpc) is 2.14. The number of hydrogen-bond donors (Lipinski definition) is 2. The number of phenolic OH excluding ortho intramolecular Hbond substituents is 1. The van der Waals surface area contributed by atoms with Gasteiger partial charge >= 0.3 is 12.4 Å². The molecule has 2 nitrogen and oxygen atoms in total. The Hall–Kier alpha value is -1.44. The van der Waals surface area contributed by atoms with Crippen LogP contribution in [0.2, 0.25) is 0 Å². The van der Waals surface area contributed by atoms with Crippen LogP contribution in [0.3, 0.4) is 0 Å². The van der Waals surface area contributed by atoms with E-state index in [0.29, 0.717) is 12.1 Å². The summed E-state index contributed by atoms with van der Waals surface area (Å²) in [6.45, 7) is 0. The number of aromatic hydroxyl groups is 1. The number of hydrogen-bond acceptors (Lipinski definition) is 2. The van der Waals surface area contributed by atoms with Gasteiger partial charge < -0.3 is 10.8 Å². The zero-order chi connectivity index (χ0) is 13.4. The molecule has 0 heterocycles. The number of benzene rings is 1. The molecule has 0 saturated carbocycles. The Labute approximate surface area is 91.7 Å². The van der Waals surface area contributed by atoms with E-state index in [4.69, 9.17) is 10.8 Å². The molecule has 1 rings (SSSR count). The van der Waals surface area contributed by atoms with Crippen LogP contribution in [0.15, 0.2) is 18.2 Å². The molecule has 3 N–H and O–H groups in total. The van der Waals surface area contributed by atoms with Gasteiger partial charge in [-0.15, -0.1) is 0 Å². The predicted molar refractivity (Wildman–Crippen MR) is 46.1 cm³/mol. The predicted octanol–water partition coefficient (Wildman–Crippen LogP) is 2.97. The van der Waals surface area contributed by atoms with Crippen LogP contribution >= 0.6 is 0 Å². The van der Waals surface area contributed by atoms with Crippen LogP contribution in [0.1, 0.15) is 17.2 Å². The second-order valence-electron chi connectivity index (χ2n) is 3.29. The van der Waals surface area contributed by atoms with Gasteiger partial charge in [0.05, 0.1) is 5.56 Å². The average molecular weight is 259 g/mol. The molecular weight excluding hydrogens is 252 g/mol. The highest BCUT2D eigenvalue weighted by Gasteiger charge is 2.40. The van der Waals surface area contributed by atoms with Gasteiger partial charge in [-0.25, -0.2) is 0 Å². The van der Waals surface area contributed by atoms with Gasteiger partial charge in [0.2, 0.25) is 0 Å². The van der Waals surface area contributed by atoms with E-state index in [1.807, 2.05) is 0 Å². The van der Waals surface area contributed by atoms with Crippen molar-refractivity contribution in [2.24, 2.45) is 5.73 Å². The smallest absolute Gasteiger partial charge is 0.416 e. The first-order valence-corrected chi connectivity index (χ1v) is 4.26. The van der Waals surface area contributed by atoms with E-state index >= 15 is 0 Å². The number of alkyl halides is 6. The number of halogens is 6. The molecule has 0 fully saturated rings. The zero-order valence-electron chi connectivity index (χ0n) is 8.10. The molecule has 0 amide bonds. The molecule has 0 saturated heterocycles. The van der Waals surface area contributed by atoms with Crippen molar-refractivity contribution in [2.45, 2.75) is 18.4 Å². The molecule has 0 aliphatic heterocycles. The van der Waals surface area contributed by atoms with Crippen LogP contribution in [-0.4, -0.2) is 11.3 Å². The normalized spacial score (nSPS) is 14.8. The highest BCUT2D eigenvalue weighted by Crippen LogP contribution is 2.38. The highest BCUT2D eigenvalue weighted by atomic mass is 19.4. The molecule has 0 aliphatic rings. The van der Waals surface area contributed by atoms with Gasteiger partial charge in [0.15, 0.2) is 0 Å². The molecule has 96 valence electrons. The van der Waals surface area contributed by atoms with Crippen LogP contribution < -0.4 is 5.73 Å². The Bertz CT molecular complexity index is 411. The summed E-state index contributed by atoms with van der Waals surface area (Å²) in [7, 11) is 0. The molecule has 1 atom stereocenters. The number of rotatable bonds is 1. The Morgan fingerprint density at radius 1 is 1.06 bits per heavy atom. The molecule has 0 aliphatic carbocycles. The summed E-state index contributed by atoms with van der Waals surface area (Å²) in [5.41, 5.74) is 2.42. The van der Waals surface area contributed by atoms with Gasteiger partial charge in [0, 0.05) is 5.56 Å². The maximum absolute atomic E-state index is 12.3. The van der Waals surface area contributed by atoms with E-state index in [-0.39, 0.29) is 6.07 Å². The lowest BCUT2D eigenvalue weighted by atomic mass is 10.0. The first-order chi connectivity index (χ1) is 7.53. The molecule has 8 heteroatoms. The monoisotopic (exact) mass is 259 g/mol. The zero-order valence-corrected chi connectivity index (χ0v) is 8.10. The largest absolute Gasteiger partial charge is 0.508 e. The SMILES string of the molecule is N[C@H](c1cc(C(F)(F)F)ccc1O)C(F)(F)F. The van der Waals surface area contributed by atoms with Crippen molar-refractivity contribution in [3.63, 3.8) is 0 Å². The molecule has 0 aromatic heterocycles. The number of phenols is 1. The second-order valence-corrected chi connectivity index (χ2v) is 3.29. The maximum Gasteiger partial charge on any atom is 0.416 e. The Morgan fingerprint density at radius 2 is 1.59 bits per heavy atom. The molecule has 1 aromatic rings. The van der Waals surface area contributed by atoms with Crippen LogP contribution in [0, 0.1) is 0 Å². The minimum absolute atomic E-state index is 0.188. The Morgan fingerprint density at radius 3 is 2.00 bits per heavy atom. The van der Waals surface area contributed by atoms with Crippen molar-refractivity contribution >= 4 is 0 Å². The van der Waals surface area contributed by atoms with Crippen molar-refractivity contribution in [1.29, 1.82) is 0 Å². The lowest BCUT2D eigenvalue weighted by Crippen LogP contribution is -2.28. The summed E-state index contributed by atoms with van der Waals surface area (Å²) in [5, 5.41) is 9.09. The summed E-state index contributed by atoms with van der Waals surface area (Å²) in [4.78, 5) is 0. The summed E-state index contributed by atoms with van der Waals surface area (Å²) in [5.74, 6) is -0.928. The molecule has 0 radical (unpaired) electrons. The summed E-state index contributed by atoms with van der Waals surface area (Å²) in [6, 6.07) is -1.47. The fourth-order valence-corrected chi connectivity index (χ4v) is 1.16. The number of nitrogens with two attached hydrogens (primary N) is 1. The van der Waals surface area contributed by atoms with Gasteiger partial charge in [-0.2, -0.15) is 26.3 Å². The Balaban J connectivity index is 3.25. The van der Waals surface area contributed by atoms with Crippen molar-refractivity contribution in [1.82, 2.24) is 0 Å². The van der Waals surface area contributed by atoms with Crippen LogP contribution in [0.5, 0.6) is 5.75 Å². The van der Waals surface area contributed by atoms with Gasteiger partial charge in [0.25, 0.3) is 0 Å². The minimum Gasteiger partial charge on any atom is -0.508 e. The van der Waals surface area contributed by atoms with E-state index < -0.39 is 35.3 Å². The molecule has 0 spiro atoms. The topological polar surface area (TPSA) is 46.2 Å². The lowest BCUT2D eigenvalue weighted by Gasteiger charge is -2.18. The van der Waals surface area contributed by atoms with E-state index in [1.165, 1.54) is 0 Å². The lowest BCUT2D eigenvalue weighted by molar-refractivity contribution is -0.150. The van der Waals surface area contributed by atoms with Crippen LogP contribution in [0.25, 0.3) is 0 Å². The second kappa shape index (κ2) is 4.10. The minimum atomic E-state index is -4.93. The first kappa shape index (κ1) is 13.6. The maximum atomic E-state index is 12.3. The fraction of sp³-hybridized carbons (Fsp3) is 0.333. The standard InChI is InChI=1S/C9H7F6NO/c10-8(11,12)4-1-2-6(17)5(3-4)7(16)9(13,14)15/h1-3,7,17H,16H2/t7-/m1/s1. The van der Waals surface area contributed by atoms with Crippen molar-refractivity contribution in [3.8, 4) is 5.75 Å².